The maximum Gasteiger partial charge on any atom is 0.273 e. The Hall–Kier alpha value is -0.300. The van der Waals surface area contributed by atoms with E-state index >= 15 is 0 Å². The second-order valence-electron chi connectivity index (χ2n) is 8.34. The third-order valence-corrected chi connectivity index (χ3v) is 6.22. The van der Waals surface area contributed by atoms with Crippen LogP contribution in [0.1, 0.15) is 84.0 Å². The van der Waals surface area contributed by atoms with Gasteiger partial charge in [0.25, 0.3) is 5.92 Å². The molecule has 6 heteroatoms. The number of alkyl halides is 2. The second kappa shape index (κ2) is 11.6. The lowest BCUT2D eigenvalue weighted by molar-refractivity contribution is -0.181. The van der Waals surface area contributed by atoms with Crippen molar-refractivity contribution in [2.75, 3.05) is 13.2 Å². The summed E-state index contributed by atoms with van der Waals surface area (Å²) < 4.78 is 39.0. The molecule has 0 aromatic heterocycles. The lowest BCUT2D eigenvalue weighted by Gasteiger charge is -2.27. The lowest BCUT2D eigenvalue weighted by Crippen LogP contribution is -2.34. The molecule has 4 nitrogen and oxygen atoms in total. The van der Waals surface area contributed by atoms with Crippen molar-refractivity contribution in [2.45, 2.75) is 108 Å². The normalized spacial score (nSPS) is 28.6. The van der Waals surface area contributed by atoms with Crippen LogP contribution in [-0.2, 0) is 9.47 Å². The molecule has 2 aliphatic rings. The van der Waals surface area contributed by atoms with Crippen molar-refractivity contribution >= 4 is 0 Å². The van der Waals surface area contributed by atoms with Crippen LogP contribution in [-0.4, -0.2) is 47.8 Å². The van der Waals surface area contributed by atoms with Gasteiger partial charge in [-0.25, -0.2) is 8.78 Å². The Morgan fingerprint density at radius 2 is 1.74 bits per heavy atom. The van der Waals surface area contributed by atoms with E-state index in [-0.39, 0.29) is 37.1 Å². The van der Waals surface area contributed by atoms with E-state index in [1.165, 1.54) is 0 Å². The molecule has 0 aromatic carbocycles. The first-order valence-electron chi connectivity index (χ1n) is 10.9. The second-order valence-corrected chi connectivity index (χ2v) is 8.34. The molecule has 2 fully saturated rings. The zero-order chi connectivity index (χ0) is 19.7. The third kappa shape index (κ3) is 7.56. The van der Waals surface area contributed by atoms with Crippen molar-refractivity contribution in [3.8, 4) is 0 Å². The fourth-order valence-electron chi connectivity index (χ4n) is 4.47. The molecular formula is C21H38F2O4. The van der Waals surface area contributed by atoms with Gasteiger partial charge in [-0.2, -0.15) is 0 Å². The van der Waals surface area contributed by atoms with Gasteiger partial charge >= 0.3 is 0 Å². The average molecular weight is 393 g/mol. The molecule has 0 bridgehead atoms. The molecule has 160 valence electrons. The summed E-state index contributed by atoms with van der Waals surface area (Å²) in [7, 11) is 0. The molecule has 2 rings (SSSR count). The first kappa shape index (κ1) is 23.0. The summed E-state index contributed by atoms with van der Waals surface area (Å²) in [6.07, 6.45) is 5.89. The molecule has 1 aliphatic heterocycles. The van der Waals surface area contributed by atoms with Gasteiger partial charge in [-0.3, -0.25) is 0 Å². The third-order valence-electron chi connectivity index (χ3n) is 6.22. The summed E-state index contributed by atoms with van der Waals surface area (Å²) in [6.45, 7) is 3.40. The number of halogens is 2. The molecule has 1 saturated heterocycles. The maximum atomic E-state index is 14.0. The van der Waals surface area contributed by atoms with Gasteiger partial charge in [0.1, 0.15) is 6.10 Å². The molecule has 1 unspecified atom stereocenters. The van der Waals surface area contributed by atoms with Crippen LogP contribution >= 0.6 is 0 Å². The fourth-order valence-corrected chi connectivity index (χ4v) is 4.47. The smallest absolute Gasteiger partial charge is 0.273 e. The van der Waals surface area contributed by atoms with Crippen LogP contribution in [0, 0.1) is 11.8 Å². The molecular weight excluding hydrogens is 354 g/mol. The monoisotopic (exact) mass is 392 g/mol. The Labute approximate surface area is 162 Å². The standard InChI is InChI=1S/C21H38F2O4/c1-2-3-13-21(22,23)19(25)12-10-16-9-11-18(24)17(16)7-4-5-8-20-26-14-6-15-27-20/h16-20,24-25H,2-15H2,1H3/t16-,17-,18+,19?/m1/s1. The zero-order valence-electron chi connectivity index (χ0n) is 16.8. The topological polar surface area (TPSA) is 58.9 Å². The number of aliphatic hydroxyl groups is 2. The molecule has 0 amide bonds. The summed E-state index contributed by atoms with van der Waals surface area (Å²) in [4.78, 5) is 0. The van der Waals surface area contributed by atoms with Crippen LogP contribution in [0.5, 0.6) is 0 Å². The van der Waals surface area contributed by atoms with E-state index in [2.05, 4.69) is 0 Å². The number of aliphatic hydroxyl groups excluding tert-OH is 2. The SMILES string of the molecule is CCCCC(F)(F)C(O)CC[C@H]1CC[C@H](O)[C@@H]1CCCCC1OCCCO1. The van der Waals surface area contributed by atoms with E-state index < -0.39 is 12.0 Å². The lowest BCUT2D eigenvalue weighted by atomic mass is 9.85. The van der Waals surface area contributed by atoms with Gasteiger partial charge in [-0.15, -0.1) is 0 Å². The Morgan fingerprint density at radius 3 is 2.44 bits per heavy atom. The van der Waals surface area contributed by atoms with Crippen molar-refractivity contribution in [2.24, 2.45) is 11.8 Å². The molecule has 0 aromatic rings. The zero-order valence-corrected chi connectivity index (χ0v) is 16.8. The minimum atomic E-state index is -3.00. The molecule has 4 atom stereocenters. The quantitative estimate of drug-likeness (QED) is 0.474. The van der Waals surface area contributed by atoms with Gasteiger partial charge in [0, 0.05) is 6.42 Å². The van der Waals surface area contributed by atoms with Crippen molar-refractivity contribution < 1.29 is 28.5 Å². The Kier molecular flexibility index (Phi) is 9.91. The van der Waals surface area contributed by atoms with Gasteiger partial charge in [0.2, 0.25) is 0 Å². The van der Waals surface area contributed by atoms with Gasteiger partial charge < -0.3 is 19.7 Å². The minimum Gasteiger partial charge on any atom is -0.393 e. The summed E-state index contributed by atoms with van der Waals surface area (Å²) in [5.74, 6) is -2.60. The van der Waals surface area contributed by atoms with Gasteiger partial charge in [0.15, 0.2) is 6.29 Å². The molecule has 0 spiro atoms. The van der Waals surface area contributed by atoms with Gasteiger partial charge in [-0.1, -0.05) is 19.8 Å². The fraction of sp³-hybridized carbons (Fsp3) is 1.00. The van der Waals surface area contributed by atoms with Crippen LogP contribution in [0.2, 0.25) is 0 Å². The summed E-state index contributed by atoms with van der Waals surface area (Å²) >= 11 is 0. The van der Waals surface area contributed by atoms with Crippen LogP contribution in [0.4, 0.5) is 8.78 Å². The summed E-state index contributed by atoms with van der Waals surface area (Å²) in [6, 6.07) is 0. The van der Waals surface area contributed by atoms with Crippen LogP contribution in [0.25, 0.3) is 0 Å². The van der Waals surface area contributed by atoms with Crippen LogP contribution < -0.4 is 0 Å². The Bertz CT molecular complexity index is 402. The summed E-state index contributed by atoms with van der Waals surface area (Å²) in [5.41, 5.74) is 0. The first-order chi connectivity index (χ1) is 12.9. The Balaban J connectivity index is 1.68. The highest BCUT2D eigenvalue weighted by Crippen LogP contribution is 2.40. The Morgan fingerprint density at radius 1 is 1.04 bits per heavy atom. The van der Waals surface area contributed by atoms with Gasteiger partial charge in [0.05, 0.1) is 19.3 Å². The molecule has 2 N–H and O–H groups in total. The van der Waals surface area contributed by atoms with E-state index in [1.807, 2.05) is 6.92 Å². The number of ether oxygens (including phenoxy) is 2. The number of unbranched alkanes of at least 4 members (excludes halogenated alkanes) is 2. The molecule has 27 heavy (non-hydrogen) atoms. The van der Waals surface area contributed by atoms with E-state index in [0.717, 1.165) is 58.2 Å². The summed E-state index contributed by atoms with van der Waals surface area (Å²) in [5, 5.41) is 20.2. The van der Waals surface area contributed by atoms with Crippen molar-refractivity contribution in [1.82, 2.24) is 0 Å². The minimum absolute atomic E-state index is 0.0939. The highest BCUT2D eigenvalue weighted by molar-refractivity contribution is 4.86. The first-order valence-corrected chi connectivity index (χ1v) is 10.9. The van der Waals surface area contributed by atoms with E-state index in [4.69, 9.17) is 9.47 Å². The highest BCUT2D eigenvalue weighted by Gasteiger charge is 2.39. The maximum absolute atomic E-state index is 14.0. The molecule has 1 aliphatic carbocycles. The van der Waals surface area contributed by atoms with Gasteiger partial charge in [-0.05, 0) is 69.6 Å². The van der Waals surface area contributed by atoms with Crippen LogP contribution in [0.15, 0.2) is 0 Å². The largest absolute Gasteiger partial charge is 0.393 e. The molecule has 0 radical (unpaired) electrons. The van der Waals surface area contributed by atoms with Crippen molar-refractivity contribution in [3.63, 3.8) is 0 Å². The van der Waals surface area contributed by atoms with E-state index in [9.17, 15) is 19.0 Å². The van der Waals surface area contributed by atoms with E-state index in [0.29, 0.717) is 19.3 Å². The van der Waals surface area contributed by atoms with Crippen molar-refractivity contribution in [1.29, 1.82) is 0 Å². The van der Waals surface area contributed by atoms with E-state index in [1.54, 1.807) is 0 Å². The number of hydrogen-bond acceptors (Lipinski definition) is 4. The highest BCUT2D eigenvalue weighted by atomic mass is 19.3. The predicted octanol–water partition coefficient (Wildman–Crippen LogP) is 4.66. The molecule has 1 saturated carbocycles. The predicted molar refractivity (Wildman–Crippen MR) is 101 cm³/mol. The molecule has 1 heterocycles. The number of hydrogen-bond donors (Lipinski definition) is 2. The van der Waals surface area contributed by atoms with Crippen molar-refractivity contribution in [3.05, 3.63) is 0 Å². The number of rotatable bonds is 12. The van der Waals surface area contributed by atoms with Crippen LogP contribution in [0.3, 0.4) is 0 Å². The average Bonchev–Trinajstić information content (AvgIpc) is 3.02.